The number of hydrogen-bond acceptors (Lipinski definition) is 4. The standard InChI is InChI=1S/C22H23NO4/c1-26-20(24)17-7-8-19-16(15-17)9-12-23(19)21(25)22(10-13-27-14-11-22)18-5-3-2-4-6-18/h2-8,15H,9-14H2,1H3. The Morgan fingerprint density at radius 2 is 1.81 bits per heavy atom. The summed E-state index contributed by atoms with van der Waals surface area (Å²) in [4.78, 5) is 27.4. The number of fused-ring (bicyclic) bond motifs is 1. The van der Waals surface area contributed by atoms with Crippen LogP contribution < -0.4 is 4.90 Å². The lowest BCUT2D eigenvalue weighted by atomic mass is 9.73. The lowest BCUT2D eigenvalue weighted by Crippen LogP contribution is -2.49. The van der Waals surface area contributed by atoms with Gasteiger partial charge in [0.2, 0.25) is 5.91 Å². The number of amides is 1. The molecule has 0 unspecified atom stereocenters. The Bertz CT molecular complexity index is 856. The molecule has 5 nitrogen and oxygen atoms in total. The number of anilines is 1. The Kier molecular flexibility index (Phi) is 4.70. The number of carbonyl (C=O) groups excluding carboxylic acids is 2. The van der Waals surface area contributed by atoms with E-state index in [2.05, 4.69) is 0 Å². The number of rotatable bonds is 3. The number of benzene rings is 2. The van der Waals surface area contributed by atoms with Gasteiger partial charge in [-0.05, 0) is 48.6 Å². The van der Waals surface area contributed by atoms with Crippen molar-refractivity contribution >= 4 is 17.6 Å². The molecule has 2 aromatic carbocycles. The zero-order valence-corrected chi connectivity index (χ0v) is 15.4. The van der Waals surface area contributed by atoms with E-state index in [1.54, 1.807) is 6.07 Å². The average Bonchev–Trinajstić information content (AvgIpc) is 3.17. The van der Waals surface area contributed by atoms with Crippen LogP contribution in [0.4, 0.5) is 5.69 Å². The molecule has 140 valence electrons. The highest BCUT2D eigenvalue weighted by molar-refractivity contribution is 6.03. The van der Waals surface area contributed by atoms with Crippen LogP contribution in [0, 0.1) is 0 Å². The number of carbonyl (C=O) groups is 2. The topological polar surface area (TPSA) is 55.8 Å². The third-order valence-electron chi connectivity index (χ3n) is 5.72. The summed E-state index contributed by atoms with van der Waals surface area (Å²) in [6.45, 7) is 1.81. The number of nitrogens with zero attached hydrogens (tertiary/aromatic N) is 1. The number of esters is 1. The fraction of sp³-hybridized carbons (Fsp3) is 0.364. The zero-order valence-electron chi connectivity index (χ0n) is 15.4. The number of hydrogen-bond donors (Lipinski definition) is 0. The van der Waals surface area contributed by atoms with Gasteiger partial charge in [0.1, 0.15) is 0 Å². The molecule has 0 atom stereocenters. The van der Waals surface area contributed by atoms with Gasteiger partial charge in [-0.2, -0.15) is 0 Å². The zero-order chi connectivity index (χ0) is 18.9. The summed E-state index contributed by atoms with van der Waals surface area (Å²) >= 11 is 0. The maximum Gasteiger partial charge on any atom is 0.337 e. The third kappa shape index (κ3) is 3.02. The molecule has 0 N–H and O–H groups in total. The van der Waals surface area contributed by atoms with E-state index < -0.39 is 5.41 Å². The molecular formula is C22H23NO4. The minimum absolute atomic E-state index is 0.126. The van der Waals surface area contributed by atoms with Crippen LogP contribution in [-0.4, -0.2) is 38.7 Å². The molecule has 2 aromatic rings. The maximum atomic E-state index is 13.7. The van der Waals surface area contributed by atoms with E-state index >= 15 is 0 Å². The van der Waals surface area contributed by atoms with Crippen molar-refractivity contribution in [3.8, 4) is 0 Å². The molecule has 0 aromatic heterocycles. The Hall–Kier alpha value is -2.66. The lowest BCUT2D eigenvalue weighted by Gasteiger charge is -2.39. The molecule has 2 aliphatic heterocycles. The van der Waals surface area contributed by atoms with E-state index in [0.717, 1.165) is 23.2 Å². The molecule has 0 aliphatic carbocycles. The largest absolute Gasteiger partial charge is 0.465 e. The van der Waals surface area contributed by atoms with Crippen molar-refractivity contribution in [1.29, 1.82) is 0 Å². The lowest BCUT2D eigenvalue weighted by molar-refractivity contribution is -0.127. The second-order valence-electron chi connectivity index (χ2n) is 7.10. The molecule has 1 fully saturated rings. The minimum Gasteiger partial charge on any atom is -0.465 e. The summed E-state index contributed by atoms with van der Waals surface area (Å²) in [5.41, 5.74) is 2.94. The van der Waals surface area contributed by atoms with Crippen LogP contribution >= 0.6 is 0 Å². The van der Waals surface area contributed by atoms with E-state index in [1.807, 2.05) is 47.4 Å². The quantitative estimate of drug-likeness (QED) is 0.785. The minimum atomic E-state index is -0.553. The molecular weight excluding hydrogens is 342 g/mol. The van der Waals surface area contributed by atoms with Gasteiger partial charge in [-0.25, -0.2) is 4.79 Å². The normalized spacial score (nSPS) is 18.0. The van der Waals surface area contributed by atoms with E-state index in [0.29, 0.717) is 38.2 Å². The van der Waals surface area contributed by atoms with Gasteiger partial charge in [-0.3, -0.25) is 4.79 Å². The fourth-order valence-corrected chi connectivity index (χ4v) is 4.22. The monoisotopic (exact) mass is 365 g/mol. The van der Waals surface area contributed by atoms with E-state index in [4.69, 9.17) is 9.47 Å². The molecule has 2 aliphatic rings. The molecule has 0 radical (unpaired) electrons. The first-order valence-electron chi connectivity index (χ1n) is 9.32. The predicted molar refractivity (Wildman–Crippen MR) is 102 cm³/mol. The van der Waals surface area contributed by atoms with Gasteiger partial charge in [-0.15, -0.1) is 0 Å². The average molecular weight is 365 g/mol. The van der Waals surface area contributed by atoms with Gasteiger partial charge in [-0.1, -0.05) is 30.3 Å². The second-order valence-corrected chi connectivity index (χ2v) is 7.10. The smallest absolute Gasteiger partial charge is 0.337 e. The Morgan fingerprint density at radius 1 is 1.07 bits per heavy atom. The fourth-order valence-electron chi connectivity index (χ4n) is 4.22. The van der Waals surface area contributed by atoms with Crippen LogP contribution in [0.5, 0.6) is 0 Å². The summed E-state index contributed by atoms with van der Waals surface area (Å²) in [6, 6.07) is 15.5. The van der Waals surface area contributed by atoms with E-state index in [-0.39, 0.29) is 11.9 Å². The maximum absolute atomic E-state index is 13.7. The molecule has 5 heteroatoms. The summed E-state index contributed by atoms with van der Waals surface area (Å²) in [5.74, 6) is -0.227. The molecule has 0 spiro atoms. The highest BCUT2D eigenvalue weighted by Gasteiger charge is 2.45. The van der Waals surface area contributed by atoms with Crippen molar-refractivity contribution in [3.05, 3.63) is 65.2 Å². The van der Waals surface area contributed by atoms with Crippen LogP contribution in [0.15, 0.2) is 48.5 Å². The Morgan fingerprint density at radius 3 is 2.52 bits per heavy atom. The van der Waals surface area contributed by atoms with Crippen molar-refractivity contribution in [1.82, 2.24) is 0 Å². The molecule has 1 amide bonds. The first-order chi connectivity index (χ1) is 13.2. The van der Waals surface area contributed by atoms with Crippen molar-refractivity contribution < 1.29 is 19.1 Å². The Labute approximate surface area is 158 Å². The predicted octanol–water partition coefficient (Wildman–Crippen LogP) is 3.11. The van der Waals surface area contributed by atoms with Crippen LogP contribution in [0.3, 0.4) is 0 Å². The molecule has 0 saturated carbocycles. The molecule has 4 rings (SSSR count). The van der Waals surface area contributed by atoms with E-state index in [1.165, 1.54) is 7.11 Å². The summed E-state index contributed by atoms with van der Waals surface area (Å²) in [5, 5.41) is 0. The van der Waals surface area contributed by atoms with Gasteiger partial charge >= 0.3 is 5.97 Å². The van der Waals surface area contributed by atoms with Crippen molar-refractivity contribution in [3.63, 3.8) is 0 Å². The first kappa shape index (κ1) is 17.7. The first-order valence-corrected chi connectivity index (χ1v) is 9.32. The molecule has 2 heterocycles. The van der Waals surface area contributed by atoms with Crippen LogP contribution in [0.2, 0.25) is 0 Å². The van der Waals surface area contributed by atoms with Crippen LogP contribution in [0.25, 0.3) is 0 Å². The molecule has 1 saturated heterocycles. The molecule has 27 heavy (non-hydrogen) atoms. The Balaban J connectivity index is 1.69. The second kappa shape index (κ2) is 7.16. The van der Waals surface area contributed by atoms with Crippen molar-refractivity contribution in [2.45, 2.75) is 24.7 Å². The third-order valence-corrected chi connectivity index (χ3v) is 5.72. The van der Waals surface area contributed by atoms with Crippen LogP contribution in [-0.2, 0) is 26.1 Å². The SMILES string of the molecule is COC(=O)c1ccc2c(c1)CCN2C(=O)C1(c2ccccc2)CCOCC1. The van der Waals surface area contributed by atoms with Gasteiger partial charge in [0.15, 0.2) is 0 Å². The van der Waals surface area contributed by atoms with Gasteiger partial charge in [0.25, 0.3) is 0 Å². The highest BCUT2D eigenvalue weighted by Crippen LogP contribution is 2.40. The summed E-state index contributed by atoms with van der Waals surface area (Å²) in [7, 11) is 1.38. The highest BCUT2D eigenvalue weighted by atomic mass is 16.5. The van der Waals surface area contributed by atoms with Crippen molar-refractivity contribution in [2.24, 2.45) is 0 Å². The number of ether oxygens (including phenoxy) is 2. The number of methoxy groups -OCH3 is 1. The van der Waals surface area contributed by atoms with E-state index in [9.17, 15) is 9.59 Å². The summed E-state index contributed by atoms with van der Waals surface area (Å²) in [6.07, 6.45) is 2.11. The summed E-state index contributed by atoms with van der Waals surface area (Å²) < 4.78 is 10.4. The van der Waals surface area contributed by atoms with Crippen molar-refractivity contribution in [2.75, 3.05) is 31.8 Å². The molecule has 0 bridgehead atoms. The van der Waals surface area contributed by atoms with Crippen LogP contribution in [0.1, 0.15) is 34.3 Å². The van der Waals surface area contributed by atoms with Gasteiger partial charge in [0.05, 0.1) is 18.1 Å². The van der Waals surface area contributed by atoms with Gasteiger partial charge < -0.3 is 14.4 Å². The van der Waals surface area contributed by atoms with Gasteiger partial charge in [0, 0.05) is 25.4 Å².